The molecule has 1 heterocycles. The van der Waals surface area contributed by atoms with Crippen molar-refractivity contribution in [1.29, 1.82) is 0 Å². The largest absolute Gasteiger partial charge is 0.476 e. The second-order valence-corrected chi connectivity index (χ2v) is 5.63. The van der Waals surface area contributed by atoms with Gasteiger partial charge in [-0.25, -0.2) is 0 Å². The topological polar surface area (TPSA) is 59.1 Å². The molecule has 0 aliphatic carbocycles. The van der Waals surface area contributed by atoms with Crippen LogP contribution in [0.15, 0.2) is 24.3 Å². The van der Waals surface area contributed by atoms with E-state index < -0.39 is 6.10 Å². The summed E-state index contributed by atoms with van der Waals surface area (Å²) in [6.45, 7) is 6.59. The van der Waals surface area contributed by atoms with Crippen LogP contribution in [-0.2, 0) is 14.3 Å². The molecule has 0 N–H and O–H groups in total. The van der Waals surface area contributed by atoms with Gasteiger partial charge in [0.1, 0.15) is 5.75 Å². The van der Waals surface area contributed by atoms with E-state index in [0.29, 0.717) is 24.6 Å². The van der Waals surface area contributed by atoms with Crippen molar-refractivity contribution in [1.82, 2.24) is 4.90 Å². The lowest BCUT2D eigenvalue weighted by atomic mass is 10.1. The second kappa shape index (κ2) is 7.46. The van der Waals surface area contributed by atoms with E-state index >= 15 is 0 Å². The number of benzene rings is 1. The lowest BCUT2D eigenvalue weighted by molar-refractivity contribution is -0.141. The Balaban J connectivity index is 2.24. The van der Waals surface area contributed by atoms with Crippen LogP contribution in [-0.4, -0.2) is 55.7 Å². The highest BCUT2D eigenvalue weighted by molar-refractivity contribution is 5.95. The standard InChI is InChI=1S/C17H24N2O4/c1-5-18(12(2)11-22-4)17(21)16-10-19(13(3)20)14-8-6-7-9-15(14)23-16/h6-9,12,16H,5,10-11H2,1-4H3/t12-,16-/m0/s1. The maximum atomic E-state index is 12.8. The van der Waals surface area contributed by atoms with E-state index in [1.54, 1.807) is 23.0 Å². The molecule has 0 bridgehead atoms. The molecule has 0 fully saturated rings. The van der Waals surface area contributed by atoms with Crippen LogP contribution in [0.4, 0.5) is 5.69 Å². The van der Waals surface area contributed by atoms with Crippen molar-refractivity contribution in [2.24, 2.45) is 0 Å². The molecule has 1 aromatic carbocycles. The molecule has 6 heteroatoms. The molecule has 2 rings (SSSR count). The minimum Gasteiger partial charge on any atom is -0.476 e. The quantitative estimate of drug-likeness (QED) is 0.828. The van der Waals surface area contributed by atoms with Crippen LogP contribution in [0.25, 0.3) is 0 Å². The van der Waals surface area contributed by atoms with Gasteiger partial charge in [-0.05, 0) is 26.0 Å². The summed E-state index contributed by atoms with van der Waals surface area (Å²) in [7, 11) is 1.61. The van der Waals surface area contributed by atoms with Crippen molar-refractivity contribution < 1.29 is 19.1 Å². The van der Waals surface area contributed by atoms with Crippen molar-refractivity contribution in [2.45, 2.75) is 32.9 Å². The maximum absolute atomic E-state index is 12.8. The van der Waals surface area contributed by atoms with Gasteiger partial charge in [0.05, 0.1) is 24.9 Å². The predicted molar refractivity (Wildman–Crippen MR) is 87.6 cm³/mol. The second-order valence-electron chi connectivity index (χ2n) is 5.63. The molecule has 126 valence electrons. The number of hydrogen-bond acceptors (Lipinski definition) is 4. The zero-order chi connectivity index (χ0) is 17.0. The molecule has 0 aromatic heterocycles. The van der Waals surface area contributed by atoms with Crippen LogP contribution in [0.2, 0.25) is 0 Å². The third kappa shape index (κ3) is 3.64. The molecule has 0 spiro atoms. The maximum Gasteiger partial charge on any atom is 0.265 e. The summed E-state index contributed by atoms with van der Waals surface area (Å²) in [6.07, 6.45) is -0.701. The van der Waals surface area contributed by atoms with Crippen LogP contribution in [0.3, 0.4) is 0 Å². The summed E-state index contributed by atoms with van der Waals surface area (Å²) in [4.78, 5) is 28.1. The number of ether oxygens (including phenoxy) is 2. The van der Waals surface area contributed by atoms with Crippen molar-refractivity contribution >= 4 is 17.5 Å². The van der Waals surface area contributed by atoms with Crippen LogP contribution in [0.5, 0.6) is 5.75 Å². The molecule has 0 saturated carbocycles. The molecular formula is C17H24N2O4. The first kappa shape index (κ1) is 17.3. The Labute approximate surface area is 137 Å². The Kier molecular flexibility index (Phi) is 5.60. The van der Waals surface area contributed by atoms with Crippen molar-refractivity contribution in [2.75, 3.05) is 31.7 Å². The molecule has 1 aliphatic rings. The first-order valence-corrected chi connectivity index (χ1v) is 7.82. The van der Waals surface area contributed by atoms with Crippen molar-refractivity contribution in [3.63, 3.8) is 0 Å². The smallest absolute Gasteiger partial charge is 0.265 e. The van der Waals surface area contributed by atoms with E-state index in [1.807, 2.05) is 32.0 Å². The number of nitrogens with zero attached hydrogens (tertiary/aromatic N) is 2. The summed E-state index contributed by atoms with van der Waals surface area (Å²) in [5.41, 5.74) is 0.706. The van der Waals surface area contributed by atoms with Gasteiger partial charge < -0.3 is 19.3 Å². The number of likely N-dealkylation sites (N-methyl/N-ethyl adjacent to an activating group) is 1. The molecule has 6 nitrogen and oxygen atoms in total. The first-order valence-electron chi connectivity index (χ1n) is 7.82. The summed E-state index contributed by atoms with van der Waals surface area (Å²) in [6, 6.07) is 7.22. The third-order valence-corrected chi connectivity index (χ3v) is 3.99. The highest BCUT2D eigenvalue weighted by Gasteiger charge is 2.35. The number of methoxy groups -OCH3 is 1. The van der Waals surface area contributed by atoms with E-state index in [1.165, 1.54) is 6.92 Å². The van der Waals surface area contributed by atoms with Gasteiger partial charge in [0, 0.05) is 20.6 Å². The average molecular weight is 320 g/mol. The van der Waals surface area contributed by atoms with Gasteiger partial charge in [0.2, 0.25) is 5.91 Å². The zero-order valence-electron chi connectivity index (χ0n) is 14.1. The minimum atomic E-state index is -0.701. The van der Waals surface area contributed by atoms with E-state index in [-0.39, 0.29) is 24.4 Å². The Morgan fingerprint density at radius 2 is 2.13 bits per heavy atom. The van der Waals surface area contributed by atoms with E-state index in [4.69, 9.17) is 9.47 Å². The number of carbonyl (C=O) groups is 2. The third-order valence-electron chi connectivity index (χ3n) is 3.99. The Bertz CT molecular complexity index is 575. The van der Waals surface area contributed by atoms with Gasteiger partial charge in [-0.1, -0.05) is 12.1 Å². The lowest BCUT2D eigenvalue weighted by Crippen LogP contribution is -2.54. The number of carbonyl (C=O) groups excluding carboxylic acids is 2. The van der Waals surface area contributed by atoms with Crippen LogP contribution < -0.4 is 9.64 Å². The van der Waals surface area contributed by atoms with Crippen LogP contribution in [0, 0.1) is 0 Å². The van der Waals surface area contributed by atoms with Gasteiger partial charge in [-0.2, -0.15) is 0 Å². The average Bonchev–Trinajstić information content (AvgIpc) is 2.54. The predicted octanol–water partition coefficient (Wildman–Crippen LogP) is 1.68. The Morgan fingerprint density at radius 3 is 2.74 bits per heavy atom. The van der Waals surface area contributed by atoms with Crippen molar-refractivity contribution in [3.05, 3.63) is 24.3 Å². The van der Waals surface area contributed by atoms with Gasteiger partial charge in [0.15, 0.2) is 6.10 Å². The molecule has 2 amide bonds. The molecule has 0 unspecified atom stereocenters. The first-order chi connectivity index (χ1) is 11.0. The molecule has 1 aromatic rings. The lowest BCUT2D eigenvalue weighted by Gasteiger charge is -2.37. The van der Waals surface area contributed by atoms with Crippen LogP contribution in [0.1, 0.15) is 20.8 Å². The van der Waals surface area contributed by atoms with Crippen molar-refractivity contribution in [3.8, 4) is 5.75 Å². The Morgan fingerprint density at radius 1 is 1.43 bits per heavy atom. The highest BCUT2D eigenvalue weighted by atomic mass is 16.5. The zero-order valence-corrected chi connectivity index (χ0v) is 14.1. The summed E-state index contributed by atoms with van der Waals surface area (Å²) in [5, 5.41) is 0. The number of amides is 2. The summed E-state index contributed by atoms with van der Waals surface area (Å²) < 4.78 is 11.0. The highest BCUT2D eigenvalue weighted by Crippen LogP contribution is 2.33. The normalized spacial score (nSPS) is 17.9. The molecule has 0 saturated heterocycles. The fraction of sp³-hybridized carbons (Fsp3) is 0.529. The van der Waals surface area contributed by atoms with E-state index in [9.17, 15) is 9.59 Å². The number of hydrogen-bond donors (Lipinski definition) is 0. The van der Waals surface area contributed by atoms with Gasteiger partial charge in [0.25, 0.3) is 5.91 Å². The molecule has 23 heavy (non-hydrogen) atoms. The van der Waals surface area contributed by atoms with E-state index in [0.717, 1.165) is 0 Å². The summed E-state index contributed by atoms with van der Waals surface area (Å²) in [5.74, 6) is 0.326. The number of para-hydroxylation sites is 2. The number of rotatable bonds is 5. The van der Waals surface area contributed by atoms with Gasteiger partial charge in [-0.3, -0.25) is 9.59 Å². The number of fused-ring (bicyclic) bond motifs is 1. The van der Waals surface area contributed by atoms with Gasteiger partial charge in [-0.15, -0.1) is 0 Å². The molecule has 0 radical (unpaired) electrons. The fourth-order valence-electron chi connectivity index (χ4n) is 2.86. The monoisotopic (exact) mass is 320 g/mol. The molecule has 2 atom stereocenters. The van der Waals surface area contributed by atoms with E-state index in [2.05, 4.69) is 0 Å². The van der Waals surface area contributed by atoms with Crippen LogP contribution >= 0.6 is 0 Å². The van der Waals surface area contributed by atoms with Gasteiger partial charge >= 0.3 is 0 Å². The molecular weight excluding hydrogens is 296 g/mol. The minimum absolute atomic E-state index is 0.0518. The SMILES string of the molecule is CCN(C(=O)[C@@H]1CN(C(C)=O)c2ccccc2O1)[C@@H](C)COC. The molecule has 1 aliphatic heterocycles. The summed E-state index contributed by atoms with van der Waals surface area (Å²) >= 11 is 0. The Hall–Kier alpha value is -2.08. The number of anilines is 1. The fourth-order valence-corrected chi connectivity index (χ4v) is 2.86.